The fraction of sp³-hybridized carbons (Fsp3) is 0.556. The highest BCUT2D eigenvalue weighted by Crippen LogP contribution is 2.55. The van der Waals surface area contributed by atoms with Gasteiger partial charge in [-0.25, -0.2) is 0 Å². The zero-order valence-corrected chi connectivity index (χ0v) is 13.4. The van der Waals surface area contributed by atoms with Crippen molar-refractivity contribution in [3.63, 3.8) is 0 Å². The van der Waals surface area contributed by atoms with Gasteiger partial charge in [-0.15, -0.1) is 0 Å². The molecule has 0 heterocycles. The summed E-state index contributed by atoms with van der Waals surface area (Å²) in [5, 5.41) is 23.1. The van der Waals surface area contributed by atoms with Crippen molar-refractivity contribution >= 4 is 19.2 Å². The molecule has 0 saturated heterocycles. The van der Waals surface area contributed by atoms with Crippen molar-refractivity contribution in [2.24, 2.45) is 17.8 Å². The topological polar surface area (TPSA) is 73.1 Å². The third-order valence-corrected chi connectivity index (χ3v) is 6.08. The van der Waals surface area contributed by atoms with Crippen molar-refractivity contribution in [3.05, 3.63) is 29.3 Å². The Morgan fingerprint density at radius 1 is 1.30 bits per heavy atom. The molecule has 0 radical (unpaired) electrons. The first-order valence-electron chi connectivity index (χ1n) is 8.51. The van der Waals surface area contributed by atoms with Gasteiger partial charge >= 0.3 is 0 Å². The fourth-order valence-electron chi connectivity index (χ4n) is 5.39. The summed E-state index contributed by atoms with van der Waals surface area (Å²) in [4.78, 5) is 12.7. The standard InChI is InChI=1S/C18H21BN2O2/c19-14-1-2-15(13(5-14)9-20)17(22)21-16-11-3-10-4-12(16)8-18(23,6-10)7-11/h1-2,5,10-12,16,23H,3-4,6-8,19H2,(H,21,22)/t10?,11?,12?,16-,18-. The van der Waals surface area contributed by atoms with Gasteiger partial charge in [0, 0.05) is 6.04 Å². The number of benzene rings is 1. The molecular weight excluding hydrogens is 287 g/mol. The summed E-state index contributed by atoms with van der Waals surface area (Å²) < 4.78 is 0. The lowest BCUT2D eigenvalue weighted by Gasteiger charge is -2.58. The first-order chi connectivity index (χ1) is 11.0. The Kier molecular flexibility index (Phi) is 3.28. The maximum absolute atomic E-state index is 12.7. The average molecular weight is 308 g/mol. The first kappa shape index (κ1) is 14.8. The molecule has 1 aromatic carbocycles. The fourth-order valence-corrected chi connectivity index (χ4v) is 5.39. The minimum Gasteiger partial charge on any atom is -0.390 e. The normalized spacial score (nSPS) is 37.4. The Morgan fingerprint density at radius 3 is 2.61 bits per heavy atom. The molecule has 2 atom stereocenters. The molecule has 0 aliphatic heterocycles. The van der Waals surface area contributed by atoms with Crippen molar-refractivity contribution in [2.75, 3.05) is 0 Å². The van der Waals surface area contributed by atoms with Gasteiger partial charge in [0.1, 0.15) is 7.85 Å². The Morgan fingerprint density at radius 2 is 2.00 bits per heavy atom. The number of nitrogens with one attached hydrogen (secondary N) is 1. The monoisotopic (exact) mass is 308 g/mol. The van der Waals surface area contributed by atoms with Crippen LogP contribution in [0.5, 0.6) is 0 Å². The number of carbonyl (C=O) groups is 1. The number of amides is 1. The highest BCUT2D eigenvalue weighted by Gasteiger charge is 2.55. The Hall–Kier alpha value is -1.80. The van der Waals surface area contributed by atoms with E-state index in [4.69, 9.17) is 0 Å². The zero-order chi connectivity index (χ0) is 16.2. The number of aliphatic hydroxyl groups is 1. The van der Waals surface area contributed by atoms with Crippen molar-refractivity contribution in [1.82, 2.24) is 5.32 Å². The molecule has 4 aliphatic rings. The molecule has 4 bridgehead atoms. The Labute approximate surface area is 137 Å². The van der Waals surface area contributed by atoms with Gasteiger partial charge in [0.15, 0.2) is 0 Å². The molecule has 2 unspecified atom stereocenters. The average Bonchev–Trinajstić information content (AvgIpc) is 2.48. The molecule has 1 amide bonds. The molecule has 1 aromatic rings. The predicted molar refractivity (Wildman–Crippen MR) is 89.1 cm³/mol. The molecule has 118 valence electrons. The number of carbonyl (C=O) groups excluding carboxylic acids is 1. The van der Waals surface area contributed by atoms with Gasteiger partial charge in [-0.2, -0.15) is 5.26 Å². The molecule has 23 heavy (non-hydrogen) atoms. The lowest BCUT2D eigenvalue weighted by molar-refractivity contribution is -0.136. The second kappa shape index (κ2) is 5.11. The van der Waals surface area contributed by atoms with Crippen LogP contribution in [0.25, 0.3) is 0 Å². The second-order valence-electron chi connectivity index (χ2n) is 7.85. The van der Waals surface area contributed by atoms with Crippen LogP contribution in [0, 0.1) is 29.1 Å². The van der Waals surface area contributed by atoms with Crippen LogP contribution in [0.3, 0.4) is 0 Å². The number of hydrogen-bond donors (Lipinski definition) is 2. The number of nitrogens with zero attached hydrogens (tertiary/aromatic N) is 1. The molecule has 2 N–H and O–H groups in total. The zero-order valence-electron chi connectivity index (χ0n) is 13.4. The number of hydrogen-bond acceptors (Lipinski definition) is 3. The van der Waals surface area contributed by atoms with Gasteiger partial charge in [-0.1, -0.05) is 11.5 Å². The molecule has 4 saturated carbocycles. The van der Waals surface area contributed by atoms with Crippen LogP contribution in [-0.4, -0.2) is 30.5 Å². The third kappa shape index (κ3) is 2.46. The van der Waals surface area contributed by atoms with Gasteiger partial charge in [-0.3, -0.25) is 4.79 Å². The summed E-state index contributed by atoms with van der Waals surface area (Å²) in [5.41, 5.74) is 1.39. The van der Waals surface area contributed by atoms with E-state index in [1.54, 1.807) is 12.1 Å². The lowest BCUT2D eigenvalue weighted by Crippen LogP contribution is -2.61. The summed E-state index contributed by atoms with van der Waals surface area (Å²) >= 11 is 0. The molecule has 5 rings (SSSR count). The van der Waals surface area contributed by atoms with E-state index in [0.29, 0.717) is 28.9 Å². The van der Waals surface area contributed by atoms with E-state index in [1.165, 1.54) is 0 Å². The second-order valence-corrected chi connectivity index (χ2v) is 7.85. The minimum absolute atomic E-state index is 0.146. The summed E-state index contributed by atoms with van der Waals surface area (Å²) in [6.07, 6.45) is 4.79. The maximum atomic E-state index is 12.7. The Bertz CT molecular complexity index is 695. The van der Waals surface area contributed by atoms with Gasteiger partial charge in [-0.05, 0) is 62.0 Å². The largest absolute Gasteiger partial charge is 0.390 e. The summed E-state index contributed by atoms with van der Waals surface area (Å²) in [5.74, 6) is 1.24. The summed E-state index contributed by atoms with van der Waals surface area (Å²) in [6.45, 7) is 0. The predicted octanol–water partition coefficient (Wildman–Crippen LogP) is 0.486. The van der Waals surface area contributed by atoms with E-state index < -0.39 is 5.60 Å². The smallest absolute Gasteiger partial charge is 0.252 e. The molecule has 5 heteroatoms. The lowest BCUT2D eigenvalue weighted by atomic mass is 9.52. The molecule has 0 aromatic heterocycles. The van der Waals surface area contributed by atoms with E-state index in [0.717, 1.165) is 37.6 Å². The minimum atomic E-state index is -0.487. The van der Waals surface area contributed by atoms with E-state index in [2.05, 4.69) is 11.4 Å². The third-order valence-electron chi connectivity index (χ3n) is 6.08. The van der Waals surface area contributed by atoms with Crippen molar-refractivity contribution in [1.29, 1.82) is 5.26 Å². The van der Waals surface area contributed by atoms with E-state index in [1.807, 2.05) is 13.9 Å². The van der Waals surface area contributed by atoms with Crippen LogP contribution in [0.1, 0.15) is 48.0 Å². The van der Waals surface area contributed by atoms with E-state index >= 15 is 0 Å². The molecule has 4 fully saturated rings. The molecule has 4 aliphatic carbocycles. The maximum Gasteiger partial charge on any atom is 0.252 e. The molecule has 4 nitrogen and oxygen atoms in total. The quantitative estimate of drug-likeness (QED) is 0.781. The Balaban J connectivity index is 1.55. The van der Waals surface area contributed by atoms with E-state index in [9.17, 15) is 15.2 Å². The summed E-state index contributed by atoms with van der Waals surface area (Å²) in [6, 6.07) is 7.64. The first-order valence-corrected chi connectivity index (χ1v) is 8.51. The van der Waals surface area contributed by atoms with Gasteiger partial charge in [0.2, 0.25) is 0 Å². The van der Waals surface area contributed by atoms with Crippen LogP contribution in [0.4, 0.5) is 0 Å². The van der Waals surface area contributed by atoms with Crippen molar-refractivity contribution in [3.8, 4) is 6.07 Å². The van der Waals surface area contributed by atoms with Crippen LogP contribution in [0.2, 0.25) is 0 Å². The van der Waals surface area contributed by atoms with Crippen LogP contribution in [-0.2, 0) is 0 Å². The molecule has 0 spiro atoms. The number of nitriles is 1. The highest BCUT2D eigenvalue weighted by atomic mass is 16.3. The summed E-state index contributed by atoms with van der Waals surface area (Å²) in [7, 11) is 1.92. The van der Waals surface area contributed by atoms with Crippen LogP contribution >= 0.6 is 0 Å². The van der Waals surface area contributed by atoms with Crippen molar-refractivity contribution in [2.45, 2.75) is 43.7 Å². The van der Waals surface area contributed by atoms with Crippen molar-refractivity contribution < 1.29 is 9.90 Å². The van der Waals surface area contributed by atoms with Crippen LogP contribution < -0.4 is 10.8 Å². The van der Waals surface area contributed by atoms with Gasteiger partial charge in [0.05, 0.1) is 22.8 Å². The van der Waals surface area contributed by atoms with E-state index in [-0.39, 0.29) is 11.9 Å². The van der Waals surface area contributed by atoms with Gasteiger partial charge in [0.25, 0.3) is 5.91 Å². The van der Waals surface area contributed by atoms with Gasteiger partial charge < -0.3 is 10.4 Å². The van der Waals surface area contributed by atoms with Crippen LogP contribution in [0.15, 0.2) is 18.2 Å². The molecular formula is C18H21BN2O2. The highest BCUT2D eigenvalue weighted by molar-refractivity contribution is 6.32. The number of rotatable bonds is 2. The SMILES string of the molecule is Bc1ccc(C(=O)N[C@H]2C3CC4CC2C[C@](O)(C4)C3)c(C#N)c1.